The standard InChI is InChI=1S/C14H11ClN2O2/c15-5-7-6-16-10-4-11-13-8(12(7)10)2-1-3-9(13)17-14(18)19-11/h1-4,7,16H,5-6H2,(H,17,18). The summed E-state index contributed by atoms with van der Waals surface area (Å²) in [5.41, 5.74) is 3.03. The number of anilines is 2. The number of amides is 1. The van der Waals surface area contributed by atoms with Crippen LogP contribution in [0.3, 0.4) is 0 Å². The van der Waals surface area contributed by atoms with Crippen molar-refractivity contribution in [1.29, 1.82) is 0 Å². The number of halogens is 1. The number of hydrogen-bond donors (Lipinski definition) is 2. The Hall–Kier alpha value is -1.94. The van der Waals surface area contributed by atoms with Crippen LogP contribution in [0.5, 0.6) is 5.75 Å². The van der Waals surface area contributed by atoms with Gasteiger partial charge >= 0.3 is 6.09 Å². The molecule has 4 nitrogen and oxygen atoms in total. The highest BCUT2D eigenvalue weighted by molar-refractivity contribution is 6.19. The zero-order chi connectivity index (χ0) is 13.0. The van der Waals surface area contributed by atoms with Gasteiger partial charge in [0.1, 0.15) is 5.75 Å². The molecule has 0 radical (unpaired) electrons. The minimum atomic E-state index is -0.438. The molecule has 0 spiro atoms. The van der Waals surface area contributed by atoms with Gasteiger partial charge in [0.15, 0.2) is 0 Å². The second kappa shape index (κ2) is 3.78. The van der Waals surface area contributed by atoms with Gasteiger partial charge in [-0.15, -0.1) is 11.6 Å². The van der Waals surface area contributed by atoms with Gasteiger partial charge < -0.3 is 10.1 Å². The van der Waals surface area contributed by atoms with E-state index < -0.39 is 6.09 Å². The number of hydrogen-bond acceptors (Lipinski definition) is 3. The second-order valence-corrected chi connectivity index (χ2v) is 5.12. The topological polar surface area (TPSA) is 50.4 Å². The Labute approximate surface area is 114 Å². The third-order valence-electron chi connectivity index (χ3n) is 3.74. The monoisotopic (exact) mass is 274 g/mol. The van der Waals surface area contributed by atoms with Gasteiger partial charge in [0.2, 0.25) is 0 Å². The van der Waals surface area contributed by atoms with Gasteiger partial charge in [0.05, 0.1) is 5.69 Å². The summed E-state index contributed by atoms with van der Waals surface area (Å²) in [4.78, 5) is 11.5. The Morgan fingerprint density at radius 1 is 1.37 bits per heavy atom. The third kappa shape index (κ3) is 1.43. The van der Waals surface area contributed by atoms with Gasteiger partial charge in [-0.05, 0) is 17.0 Å². The van der Waals surface area contributed by atoms with E-state index in [1.165, 1.54) is 5.56 Å². The fourth-order valence-corrected chi connectivity index (χ4v) is 3.20. The minimum Gasteiger partial charge on any atom is -0.409 e. The van der Waals surface area contributed by atoms with Crippen LogP contribution in [-0.2, 0) is 0 Å². The number of ether oxygens (including phenoxy) is 1. The smallest absolute Gasteiger partial charge is 0.409 e. The highest BCUT2D eigenvalue weighted by Gasteiger charge is 2.29. The number of fused-ring (bicyclic) bond motifs is 2. The Morgan fingerprint density at radius 2 is 2.26 bits per heavy atom. The van der Waals surface area contributed by atoms with Crippen molar-refractivity contribution in [1.82, 2.24) is 0 Å². The Kier molecular flexibility index (Phi) is 2.17. The van der Waals surface area contributed by atoms with Crippen LogP contribution in [0.15, 0.2) is 24.3 Å². The van der Waals surface area contributed by atoms with E-state index in [-0.39, 0.29) is 0 Å². The number of alkyl halides is 1. The molecule has 5 heteroatoms. The highest BCUT2D eigenvalue weighted by atomic mass is 35.5. The van der Waals surface area contributed by atoms with E-state index in [0.717, 1.165) is 28.7 Å². The molecular formula is C14H11ClN2O2. The Bertz CT molecular complexity index is 714. The number of benzene rings is 2. The maximum Gasteiger partial charge on any atom is 0.417 e. The van der Waals surface area contributed by atoms with Crippen LogP contribution in [0.2, 0.25) is 0 Å². The summed E-state index contributed by atoms with van der Waals surface area (Å²) in [6.07, 6.45) is -0.438. The first-order chi connectivity index (χ1) is 9.28. The molecule has 1 unspecified atom stereocenters. The molecule has 0 saturated heterocycles. The fourth-order valence-electron chi connectivity index (χ4n) is 2.94. The van der Waals surface area contributed by atoms with Crippen molar-refractivity contribution in [3.8, 4) is 5.75 Å². The lowest BCUT2D eigenvalue weighted by Crippen LogP contribution is -2.21. The maximum absolute atomic E-state index is 11.5. The van der Waals surface area contributed by atoms with Crippen molar-refractivity contribution in [2.24, 2.45) is 0 Å². The van der Waals surface area contributed by atoms with Crippen molar-refractivity contribution in [3.05, 3.63) is 29.8 Å². The molecule has 0 bridgehead atoms. The first-order valence-electron chi connectivity index (χ1n) is 6.16. The van der Waals surface area contributed by atoms with Crippen LogP contribution in [0.25, 0.3) is 10.8 Å². The van der Waals surface area contributed by atoms with Crippen molar-refractivity contribution in [3.63, 3.8) is 0 Å². The van der Waals surface area contributed by atoms with Crippen molar-refractivity contribution in [2.45, 2.75) is 5.92 Å². The summed E-state index contributed by atoms with van der Waals surface area (Å²) in [6.45, 7) is 0.822. The predicted molar refractivity (Wildman–Crippen MR) is 75.5 cm³/mol. The lowest BCUT2D eigenvalue weighted by molar-refractivity contribution is 0.215. The SMILES string of the molecule is O=C1Nc2cccc3c4c(cc(c23)O1)NCC4CCl. The maximum atomic E-state index is 11.5. The van der Waals surface area contributed by atoms with Crippen LogP contribution in [0.4, 0.5) is 16.2 Å². The summed E-state index contributed by atoms with van der Waals surface area (Å²) in [5, 5.41) is 8.12. The second-order valence-electron chi connectivity index (χ2n) is 4.81. The third-order valence-corrected chi connectivity index (χ3v) is 4.11. The lowest BCUT2D eigenvalue weighted by Gasteiger charge is -2.20. The molecule has 0 fully saturated rings. The van der Waals surface area contributed by atoms with Gasteiger partial charge in [0.25, 0.3) is 0 Å². The molecule has 2 aliphatic heterocycles. The molecule has 4 rings (SSSR count). The van der Waals surface area contributed by atoms with Gasteiger partial charge in [-0.3, -0.25) is 5.32 Å². The van der Waals surface area contributed by atoms with Gasteiger partial charge in [-0.2, -0.15) is 0 Å². The average molecular weight is 275 g/mol. The average Bonchev–Trinajstić information content (AvgIpc) is 2.81. The van der Waals surface area contributed by atoms with E-state index in [4.69, 9.17) is 16.3 Å². The summed E-state index contributed by atoms with van der Waals surface area (Å²) in [6, 6.07) is 7.77. The van der Waals surface area contributed by atoms with E-state index in [1.807, 2.05) is 18.2 Å². The van der Waals surface area contributed by atoms with Gasteiger partial charge in [-0.25, -0.2) is 4.79 Å². The minimum absolute atomic E-state index is 0.290. The van der Waals surface area contributed by atoms with Crippen molar-refractivity contribution >= 4 is 39.8 Å². The number of carbonyl (C=O) groups is 1. The van der Waals surface area contributed by atoms with Crippen LogP contribution in [-0.4, -0.2) is 18.5 Å². The molecule has 0 aromatic heterocycles. The molecule has 2 aliphatic rings. The molecule has 1 amide bonds. The van der Waals surface area contributed by atoms with Crippen LogP contribution in [0.1, 0.15) is 11.5 Å². The van der Waals surface area contributed by atoms with E-state index in [1.54, 1.807) is 0 Å². The molecular weight excluding hydrogens is 264 g/mol. The quantitative estimate of drug-likeness (QED) is 0.783. The van der Waals surface area contributed by atoms with Crippen molar-refractivity contribution in [2.75, 3.05) is 23.1 Å². The van der Waals surface area contributed by atoms with E-state index in [0.29, 0.717) is 17.5 Å². The van der Waals surface area contributed by atoms with Crippen LogP contribution >= 0.6 is 11.6 Å². The lowest BCUT2D eigenvalue weighted by atomic mass is 9.94. The number of rotatable bonds is 1. The van der Waals surface area contributed by atoms with Gasteiger partial charge in [0, 0.05) is 35.5 Å². The molecule has 2 heterocycles. The molecule has 0 saturated carbocycles. The zero-order valence-electron chi connectivity index (χ0n) is 10.00. The number of nitrogens with one attached hydrogen (secondary N) is 2. The fraction of sp³-hybridized carbons (Fsp3) is 0.214. The molecule has 2 N–H and O–H groups in total. The summed E-state index contributed by atoms with van der Waals surface area (Å²) < 4.78 is 5.28. The molecule has 1 atom stereocenters. The Morgan fingerprint density at radius 3 is 3.11 bits per heavy atom. The van der Waals surface area contributed by atoms with Crippen LogP contribution in [0, 0.1) is 0 Å². The normalized spacial score (nSPS) is 19.6. The van der Waals surface area contributed by atoms with E-state index >= 15 is 0 Å². The largest absolute Gasteiger partial charge is 0.417 e. The molecule has 96 valence electrons. The molecule has 19 heavy (non-hydrogen) atoms. The summed E-state index contributed by atoms with van der Waals surface area (Å²) in [7, 11) is 0. The van der Waals surface area contributed by atoms with E-state index in [2.05, 4.69) is 16.7 Å². The van der Waals surface area contributed by atoms with Gasteiger partial charge in [-0.1, -0.05) is 12.1 Å². The highest BCUT2D eigenvalue weighted by Crippen LogP contribution is 2.46. The first kappa shape index (κ1) is 10.9. The predicted octanol–water partition coefficient (Wildman–Crippen LogP) is 3.51. The Balaban J connectivity index is 2.09. The van der Waals surface area contributed by atoms with E-state index in [9.17, 15) is 4.79 Å². The van der Waals surface area contributed by atoms with Crippen molar-refractivity contribution < 1.29 is 9.53 Å². The number of carbonyl (C=O) groups excluding carboxylic acids is 1. The zero-order valence-corrected chi connectivity index (χ0v) is 10.8. The molecule has 0 aliphatic carbocycles. The molecule has 2 aromatic rings. The first-order valence-corrected chi connectivity index (χ1v) is 6.69. The summed E-state index contributed by atoms with van der Waals surface area (Å²) >= 11 is 6.05. The molecule has 2 aromatic carbocycles. The summed E-state index contributed by atoms with van der Waals surface area (Å²) in [5.74, 6) is 1.47. The van der Waals surface area contributed by atoms with Crippen LogP contribution < -0.4 is 15.4 Å².